The lowest BCUT2D eigenvalue weighted by Crippen LogP contribution is -2.28. The molecule has 3 nitrogen and oxygen atoms in total. The van der Waals surface area contributed by atoms with Gasteiger partial charge < -0.3 is 10.1 Å². The molecular formula is C16H28N2O. The molecule has 0 spiro atoms. The van der Waals surface area contributed by atoms with E-state index < -0.39 is 0 Å². The number of pyridine rings is 1. The lowest BCUT2D eigenvalue weighted by molar-refractivity contribution is 0.358. The first kappa shape index (κ1) is 16.0. The highest BCUT2D eigenvalue weighted by molar-refractivity contribution is 5.41. The normalized spacial score (nSPS) is 12.8. The summed E-state index contributed by atoms with van der Waals surface area (Å²) in [5, 5.41) is 3.45. The van der Waals surface area contributed by atoms with Gasteiger partial charge in [-0.2, -0.15) is 0 Å². The predicted octanol–water partition coefficient (Wildman–Crippen LogP) is 3.13. The maximum Gasteiger partial charge on any atom is 0.128 e. The number of methoxy groups -OCH3 is 1. The van der Waals surface area contributed by atoms with Gasteiger partial charge in [0.05, 0.1) is 7.11 Å². The summed E-state index contributed by atoms with van der Waals surface area (Å²) in [5.74, 6) is 2.24. The molecule has 1 aromatic rings. The van der Waals surface area contributed by atoms with Gasteiger partial charge in [0.25, 0.3) is 0 Å². The van der Waals surface area contributed by atoms with Gasteiger partial charge in [0.2, 0.25) is 0 Å². The monoisotopic (exact) mass is 264 g/mol. The number of aryl methyl sites for hydroxylation is 1. The van der Waals surface area contributed by atoms with Crippen LogP contribution in [0.15, 0.2) is 6.20 Å². The van der Waals surface area contributed by atoms with E-state index in [9.17, 15) is 0 Å². The van der Waals surface area contributed by atoms with Gasteiger partial charge in [-0.3, -0.25) is 4.98 Å². The van der Waals surface area contributed by atoms with E-state index in [2.05, 4.69) is 38.0 Å². The summed E-state index contributed by atoms with van der Waals surface area (Å²) in [7, 11) is 1.73. The third kappa shape index (κ3) is 4.20. The minimum atomic E-state index is 0.610. The highest BCUT2D eigenvalue weighted by Crippen LogP contribution is 2.26. The van der Waals surface area contributed by atoms with E-state index in [1.807, 2.05) is 13.1 Å². The zero-order valence-electron chi connectivity index (χ0n) is 13.2. The number of ether oxygens (including phenoxy) is 1. The highest BCUT2D eigenvalue weighted by atomic mass is 16.5. The molecule has 0 fully saturated rings. The molecule has 1 atom stereocenters. The fourth-order valence-electron chi connectivity index (χ4n) is 2.40. The van der Waals surface area contributed by atoms with E-state index in [-0.39, 0.29) is 0 Å². The molecule has 0 saturated carbocycles. The fourth-order valence-corrected chi connectivity index (χ4v) is 2.40. The number of nitrogens with one attached hydrogen (secondary N) is 1. The molecule has 0 aliphatic heterocycles. The molecule has 0 aliphatic carbocycles. The lowest BCUT2D eigenvalue weighted by Gasteiger charge is -2.22. The minimum Gasteiger partial charge on any atom is -0.496 e. The number of hydrogen-bond donors (Lipinski definition) is 1. The second kappa shape index (κ2) is 7.49. The van der Waals surface area contributed by atoms with Crippen molar-refractivity contribution in [2.24, 2.45) is 11.8 Å². The smallest absolute Gasteiger partial charge is 0.128 e. The topological polar surface area (TPSA) is 34.2 Å². The quantitative estimate of drug-likeness (QED) is 0.821. The Hall–Kier alpha value is -1.09. The second-order valence-corrected chi connectivity index (χ2v) is 5.56. The van der Waals surface area contributed by atoms with E-state index in [0.717, 1.165) is 30.8 Å². The zero-order chi connectivity index (χ0) is 14.4. The largest absolute Gasteiger partial charge is 0.496 e. The predicted molar refractivity (Wildman–Crippen MR) is 80.8 cm³/mol. The minimum absolute atomic E-state index is 0.610. The van der Waals surface area contributed by atoms with Gasteiger partial charge in [-0.15, -0.1) is 0 Å². The van der Waals surface area contributed by atoms with E-state index in [0.29, 0.717) is 11.8 Å². The summed E-state index contributed by atoms with van der Waals surface area (Å²) in [4.78, 5) is 4.61. The molecule has 1 aromatic heterocycles. The summed E-state index contributed by atoms with van der Waals surface area (Å²) >= 11 is 0. The van der Waals surface area contributed by atoms with Crippen molar-refractivity contribution in [3.63, 3.8) is 0 Å². The summed E-state index contributed by atoms with van der Waals surface area (Å²) in [6, 6.07) is 0. The summed E-state index contributed by atoms with van der Waals surface area (Å²) < 4.78 is 5.48. The van der Waals surface area contributed by atoms with Gasteiger partial charge in [0.15, 0.2) is 0 Å². The molecule has 1 unspecified atom stereocenters. The van der Waals surface area contributed by atoms with Crippen LogP contribution in [0.1, 0.15) is 37.6 Å². The van der Waals surface area contributed by atoms with Crippen LogP contribution < -0.4 is 10.1 Å². The van der Waals surface area contributed by atoms with Gasteiger partial charge in [-0.25, -0.2) is 0 Å². The summed E-state index contributed by atoms with van der Waals surface area (Å²) in [5.41, 5.74) is 3.46. The van der Waals surface area contributed by atoms with Crippen molar-refractivity contribution in [3.8, 4) is 5.75 Å². The number of hydrogen-bond acceptors (Lipinski definition) is 3. The Morgan fingerprint density at radius 1 is 1.32 bits per heavy atom. The molecule has 0 aliphatic rings. The maximum atomic E-state index is 5.48. The van der Waals surface area contributed by atoms with Crippen molar-refractivity contribution < 1.29 is 4.74 Å². The number of nitrogens with zero attached hydrogens (tertiary/aromatic N) is 1. The molecule has 1 N–H and O–H groups in total. The Kier molecular flexibility index (Phi) is 6.29. The van der Waals surface area contributed by atoms with E-state index in [4.69, 9.17) is 4.74 Å². The van der Waals surface area contributed by atoms with E-state index in [1.165, 1.54) is 11.3 Å². The van der Waals surface area contributed by atoms with Crippen molar-refractivity contribution in [3.05, 3.63) is 23.0 Å². The highest BCUT2D eigenvalue weighted by Gasteiger charge is 2.17. The third-order valence-corrected chi connectivity index (χ3v) is 3.80. The maximum absolute atomic E-state index is 5.48. The van der Waals surface area contributed by atoms with Crippen LogP contribution in [0.3, 0.4) is 0 Å². The molecule has 108 valence electrons. The van der Waals surface area contributed by atoms with Crippen LogP contribution >= 0.6 is 0 Å². The molecule has 19 heavy (non-hydrogen) atoms. The molecular weight excluding hydrogens is 236 g/mol. The van der Waals surface area contributed by atoms with Gasteiger partial charge >= 0.3 is 0 Å². The first-order chi connectivity index (χ1) is 9.01. The standard InChI is InChI=1S/C16H28N2O/c1-7-17-10-14(11(2)3)8-15-13(5)16(19-6)12(4)9-18-15/h9,11,14,17H,7-8,10H2,1-6H3. The van der Waals surface area contributed by atoms with Crippen LogP contribution in [0.25, 0.3) is 0 Å². The van der Waals surface area contributed by atoms with Crippen molar-refractivity contribution in [1.82, 2.24) is 10.3 Å². The average Bonchev–Trinajstić information content (AvgIpc) is 2.37. The Morgan fingerprint density at radius 3 is 2.53 bits per heavy atom. The molecule has 0 aromatic carbocycles. The Balaban J connectivity index is 2.90. The van der Waals surface area contributed by atoms with Crippen molar-refractivity contribution in [1.29, 1.82) is 0 Å². The van der Waals surface area contributed by atoms with Gasteiger partial charge in [-0.05, 0) is 45.2 Å². The lowest BCUT2D eigenvalue weighted by atomic mass is 9.89. The van der Waals surface area contributed by atoms with Gasteiger partial charge in [-0.1, -0.05) is 20.8 Å². The van der Waals surface area contributed by atoms with Gasteiger partial charge in [0, 0.05) is 23.0 Å². The van der Waals surface area contributed by atoms with E-state index in [1.54, 1.807) is 7.11 Å². The van der Waals surface area contributed by atoms with Crippen molar-refractivity contribution in [2.75, 3.05) is 20.2 Å². The molecule has 0 amide bonds. The van der Waals surface area contributed by atoms with Crippen LogP contribution in [0.4, 0.5) is 0 Å². The van der Waals surface area contributed by atoms with E-state index >= 15 is 0 Å². The number of rotatable bonds is 7. The summed E-state index contributed by atoms with van der Waals surface area (Å²) in [6.07, 6.45) is 2.93. The molecule has 1 rings (SSSR count). The zero-order valence-corrected chi connectivity index (χ0v) is 13.2. The van der Waals surface area contributed by atoms with Crippen molar-refractivity contribution in [2.45, 2.75) is 41.0 Å². The average molecular weight is 264 g/mol. The Labute approximate surface area is 117 Å². The first-order valence-electron chi connectivity index (χ1n) is 7.21. The first-order valence-corrected chi connectivity index (χ1v) is 7.21. The van der Waals surface area contributed by atoms with Gasteiger partial charge in [0.1, 0.15) is 5.75 Å². The third-order valence-electron chi connectivity index (χ3n) is 3.80. The number of aromatic nitrogens is 1. The van der Waals surface area contributed by atoms with Crippen molar-refractivity contribution >= 4 is 0 Å². The molecule has 0 bridgehead atoms. The van der Waals surface area contributed by atoms with Crippen LogP contribution in [-0.2, 0) is 6.42 Å². The second-order valence-electron chi connectivity index (χ2n) is 5.56. The molecule has 3 heteroatoms. The molecule has 0 saturated heterocycles. The summed E-state index contributed by atoms with van der Waals surface area (Å²) in [6.45, 7) is 12.9. The van der Waals surface area contributed by atoms with Crippen LogP contribution in [0, 0.1) is 25.7 Å². The SMILES string of the molecule is CCNCC(Cc1ncc(C)c(OC)c1C)C(C)C. The Morgan fingerprint density at radius 2 is 2.00 bits per heavy atom. The molecule has 1 heterocycles. The molecule has 0 radical (unpaired) electrons. The fraction of sp³-hybridized carbons (Fsp3) is 0.688. The van der Waals surface area contributed by atoms with Crippen LogP contribution in [0.2, 0.25) is 0 Å². The van der Waals surface area contributed by atoms with Crippen LogP contribution in [-0.4, -0.2) is 25.2 Å². The Bertz CT molecular complexity index is 402. The van der Waals surface area contributed by atoms with Crippen LogP contribution in [0.5, 0.6) is 5.75 Å².